The Hall–Kier alpha value is -0.0800. The van der Waals surface area contributed by atoms with Crippen LogP contribution in [0.1, 0.15) is 78.6 Å². The Labute approximate surface area is 132 Å². The summed E-state index contributed by atoms with van der Waals surface area (Å²) in [5, 5.41) is 3.92. The van der Waals surface area contributed by atoms with E-state index in [1.807, 2.05) is 0 Å². The van der Waals surface area contributed by atoms with Crippen molar-refractivity contribution in [1.82, 2.24) is 10.2 Å². The molecule has 0 spiro atoms. The summed E-state index contributed by atoms with van der Waals surface area (Å²) in [5.41, 5.74) is 0.383. The highest BCUT2D eigenvalue weighted by Crippen LogP contribution is 2.36. The van der Waals surface area contributed by atoms with Crippen molar-refractivity contribution in [2.45, 2.75) is 96.7 Å². The van der Waals surface area contributed by atoms with Gasteiger partial charge in [0.15, 0.2) is 0 Å². The Balaban J connectivity index is 1.72. The third-order valence-corrected chi connectivity index (χ3v) is 6.43. The van der Waals surface area contributed by atoms with Crippen LogP contribution in [0, 0.1) is 11.3 Å². The molecule has 2 atom stereocenters. The summed E-state index contributed by atoms with van der Waals surface area (Å²) in [6, 6.07) is 2.38. The first-order valence-corrected chi connectivity index (χ1v) is 9.55. The van der Waals surface area contributed by atoms with Crippen molar-refractivity contribution in [2.75, 3.05) is 13.1 Å². The Bertz CT molecular complexity index is 321. The summed E-state index contributed by atoms with van der Waals surface area (Å²) in [5.74, 6) is 0.966. The molecule has 3 aliphatic rings. The van der Waals surface area contributed by atoms with Crippen LogP contribution in [0.15, 0.2) is 0 Å². The van der Waals surface area contributed by atoms with E-state index in [0.29, 0.717) is 11.5 Å². The van der Waals surface area contributed by atoms with E-state index in [0.717, 1.165) is 18.0 Å². The summed E-state index contributed by atoms with van der Waals surface area (Å²) in [4.78, 5) is 2.97. The summed E-state index contributed by atoms with van der Waals surface area (Å²) in [7, 11) is 0. The van der Waals surface area contributed by atoms with Crippen LogP contribution in [-0.2, 0) is 0 Å². The van der Waals surface area contributed by atoms with Gasteiger partial charge in [-0.3, -0.25) is 4.90 Å². The first kappa shape index (κ1) is 15.8. The Kier molecular flexibility index (Phi) is 4.95. The molecule has 0 aromatic carbocycles. The lowest BCUT2D eigenvalue weighted by Crippen LogP contribution is -2.64. The lowest BCUT2D eigenvalue weighted by atomic mass is 9.78. The third kappa shape index (κ3) is 3.64. The van der Waals surface area contributed by atoms with Crippen LogP contribution in [0.2, 0.25) is 0 Å². The van der Waals surface area contributed by atoms with E-state index in [1.54, 1.807) is 0 Å². The maximum Gasteiger partial charge on any atom is 0.0252 e. The molecule has 1 heterocycles. The Morgan fingerprint density at radius 2 is 1.48 bits per heavy atom. The largest absolute Gasteiger partial charge is 0.311 e. The topological polar surface area (TPSA) is 15.3 Å². The van der Waals surface area contributed by atoms with Gasteiger partial charge in [-0.2, -0.15) is 0 Å². The second-order valence-electron chi connectivity index (χ2n) is 8.93. The molecule has 2 heteroatoms. The van der Waals surface area contributed by atoms with Gasteiger partial charge in [0.25, 0.3) is 0 Å². The molecular weight excluding hydrogens is 256 g/mol. The van der Waals surface area contributed by atoms with Gasteiger partial charge in [-0.1, -0.05) is 52.9 Å². The van der Waals surface area contributed by atoms with E-state index < -0.39 is 0 Å². The zero-order chi connectivity index (χ0) is 14.9. The molecule has 122 valence electrons. The minimum atomic E-state index is 0.383. The zero-order valence-corrected chi connectivity index (χ0v) is 14.5. The minimum absolute atomic E-state index is 0.383. The molecule has 0 aromatic rings. The highest BCUT2D eigenvalue weighted by Gasteiger charge is 2.40. The first-order valence-electron chi connectivity index (χ1n) is 9.55. The van der Waals surface area contributed by atoms with Crippen molar-refractivity contribution in [3.8, 4) is 0 Å². The number of nitrogens with zero attached hydrogens (tertiary/aromatic N) is 1. The van der Waals surface area contributed by atoms with Crippen LogP contribution in [0.5, 0.6) is 0 Å². The van der Waals surface area contributed by atoms with Crippen molar-refractivity contribution in [2.24, 2.45) is 11.3 Å². The summed E-state index contributed by atoms with van der Waals surface area (Å²) < 4.78 is 0. The van der Waals surface area contributed by atoms with Crippen molar-refractivity contribution >= 4 is 0 Å². The number of rotatable bonds is 2. The fourth-order valence-corrected chi connectivity index (χ4v) is 4.98. The van der Waals surface area contributed by atoms with Gasteiger partial charge in [-0.05, 0) is 37.0 Å². The van der Waals surface area contributed by atoms with Gasteiger partial charge in [0.1, 0.15) is 0 Å². The molecule has 1 N–H and O–H groups in total. The lowest BCUT2D eigenvalue weighted by Gasteiger charge is -2.50. The van der Waals surface area contributed by atoms with Crippen molar-refractivity contribution in [3.63, 3.8) is 0 Å². The number of nitrogens with one attached hydrogen (secondary N) is 1. The molecule has 2 aliphatic carbocycles. The smallest absolute Gasteiger partial charge is 0.0252 e. The second kappa shape index (κ2) is 6.58. The fourth-order valence-electron chi connectivity index (χ4n) is 4.98. The lowest BCUT2D eigenvalue weighted by molar-refractivity contribution is 0.0149. The summed E-state index contributed by atoms with van der Waals surface area (Å²) in [6.07, 6.45) is 13.2. The molecule has 0 bridgehead atoms. The number of piperazine rings is 1. The van der Waals surface area contributed by atoms with Gasteiger partial charge in [0.05, 0.1) is 0 Å². The maximum atomic E-state index is 3.92. The van der Waals surface area contributed by atoms with E-state index >= 15 is 0 Å². The van der Waals surface area contributed by atoms with E-state index in [4.69, 9.17) is 0 Å². The molecule has 2 nitrogen and oxygen atoms in total. The predicted octanol–water partition coefficient (Wildman–Crippen LogP) is 4.20. The second-order valence-corrected chi connectivity index (χ2v) is 8.93. The van der Waals surface area contributed by atoms with Gasteiger partial charge in [-0.25, -0.2) is 0 Å². The highest BCUT2D eigenvalue weighted by molar-refractivity contribution is 4.98. The molecule has 0 aromatic heterocycles. The van der Waals surface area contributed by atoms with E-state index in [-0.39, 0.29) is 0 Å². The molecule has 3 rings (SSSR count). The average molecular weight is 293 g/mol. The quantitative estimate of drug-likeness (QED) is 0.820. The molecule has 3 fully saturated rings. The number of hydrogen-bond acceptors (Lipinski definition) is 2. The van der Waals surface area contributed by atoms with Crippen LogP contribution in [0.25, 0.3) is 0 Å². The predicted molar refractivity (Wildman–Crippen MR) is 90.6 cm³/mol. The van der Waals surface area contributed by atoms with E-state index in [1.165, 1.54) is 70.9 Å². The van der Waals surface area contributed by atoms with E-state index in [2.05, 4.69) is 31.0 Å². The van der Waals surface area contributed by atoms with Gasteiger partial charge >= 0.3 is 0 Å². The summed E-state index contributed by atoms with van der Waals surface area (Å²) in [6.45, 7) is 9.73. The van der Waals surface area contributed by atoms with Crippen LogP contribution in [0.4, 0.5) is 0 Å². The SMILES string of the molecule is CC(C)(C)C1CN(C2CCCC2)C(C2CCCCC2)CN1. The van der Waals surface area contributed by atoms with E-state index in [9.17, 15) is 0 Å². The van der Waals surface area contributed by atoms with Crippen LogP contribution in [0.3, 0.4) is 0 Å². The van der Waals surface area contributed by atoms with Crippen molar-refractivity contribution in [3.05, 3.63) is 0 Å². The molecule has 1 saturated heterocycles. The fraction of sp³-hybridized carbons (Fsp3) is 1.00. The van der Waals surface area contributed by atoms with Crippen molar-refractivity contribution in [1.29, 1.82) is 0 Å². The standard InChI is InChI=1S/C19H36N2/c1-19(2,3)18-14-21(16-11-7-8-12-16)17(13-20-18)15-9-5-4-6-10-15/h15-18,20H,4-14H2,1-3H3. The average Bonchev–Trinajstić information content (AvgIpc) is 3.01. The monoisotopic (exact) mass is 292 g/mol. The van der Waals surface area contributed by atoms with Gasteiger partial charge in [0, 0.05) is 31.2 Å². The van der Waals surface area contributed by atoms with Crippen molar-refractivity contribution < 1.29 is 0 Å². The molecule has 2 unspecified atom stereocenters. The minimum Gasteiger partial charge on any atom is -0.311 e. The zero-order valence-electron chi connectivity index (χ0n) is 14.5. The van der Waals surface area contributed by atoms with Gasteiger partial charge in [-0.15, -0.1) is 0 Å². The Morgan fingerprint density at radius 1 is 0.857 bits per heavy atom. The molecule has 21 heavy (non-hydrogen) atoms. The first-order chi connectivity index (χ1) is 10.1. The Morgan fingerprint density at radius 3 is 2.10 bits per heavy atom. The maximum absolute atomic E-state index is 3.92. The highest BCUT2D eigenvalue weighted by atomic mass is 15.3. The van der Waals surface area contributed by atoms with Crippen LogP contribution >= 0.6 is 0 Å². The normalized spacial score (nSPS) is 34.4. The molecule has 1 aliphatic heterocycles. The van der Waals surface area contributed by atoms with Gasteiger partial charge in [0.2, 0.25) is 0 Å². The van der Waals surface area contributed by atoms with Crippen LogP contribution < -0.4 is 5.32 Å². The van der Waals surface area contributed by atoms with Crippen LogP contribution in [-0.4, -0.2) is 36.1 Å². The molecular formula is C19H36N2. The molecule has 0 amide bonds. The number of hydrogen-bond donors (Lipinski definition) is 1. The third-order valence-electron chi connectivity index (χ3n) is 6.43. The molecule has 2 saturated carbocycles. The molecule has 0 radical (unpaired) electrons. The van der Waals surface area contributed by atoms with Gasteiger partial charge < -0.3 is 5.32 Å². The summed E-state index contributed by atoms with van der Waals surface area (Å²) >= 11 is 0.